The number of pyridine rings is 1. The maximum Gasteiger partial charge on any atom is 0.197 e. The highest BCUT2D eigenvalue weighted by Gasteiger charge is 2.22. The third-order valence-electron chi connectivity index (χ3n) is 3.59. The standard InChI is InChI=1S/C13H15ClN2O/c14-12-10-7-4-8-11(17)16(10)13(15-12)9-5-2-1-3-6-9/h4,7-9,17H,1-3,5-6H2. The molecule has 0 saturated heterocycles. The van der Waals surface area contributed by atoms with Crippen molar-refractivity contribution in [2.45, 2.75) is 38.0 Å². The van der Waals surface area contributed by atoms with Gasteiger partial charge in [-0.1, -0.05) is 36.9 Å². The minimum atomic E-state index is 0.225. The van der Waals surface area contributed by atoms with Gasteiger partial charge >= 0.3 is 0 Å². The van der Waals surface area contributed by atoms with E-state index in [4.69, 9.17) is 11.6 Å². The molecule has 0 radical (unpaired) electrons. The summed E-state index contributed by atoms with van der Waals surface area (Å²) in [6.45, 7) is 0. The number of imidazole rings is 1. The van der Waals surface area contributed by atoms with Gasteiger partial charge in [0.25, 0.3) is 0 Å². The number of rotatable bonds is 1. The van der Waals surface area contributed by atoms with Crippen LogP contribution in [0.1, 0.15) is 43.8 Å². The van der Waals surface area contributed by atoms with Gasteiger partial charge in [-0.2, -0.15) is 0 Å². The second-order valence-electron chi connectivity index (χ2n) is 4.70. The molecule has 2 aromatic heterocycles. The Balaban J connectivity index is 2.15. The topological polar surface area (TPSA) is 37.5 Å². The summed E-state index contributed by atoms with van der Waals surface area (Å²) in [6.07, 6.45) is 6.07. The van der Waals surface area contributed by atoms with Crippen molar-refractivity contribution in [3.05, 3.63) is 29.2 Å². The van der Waals surface area contributed by atoms with Gasteiger partial charge < -0.3 is 5.11 Å². The van der Waals surface area contributed by atoms with E-state index >= 15 is 0 Å². The van der Waals surface area contributed by atoms with Gasteiger partial charge in [-0.3, -0.25) is 4.40 Å². The van der Waals surface area contributed by atoms with Gasteiger partial charge in [0.2, 0.25) is 0 Å². The van der Waals surface area contributed by atoms with E-state index in [-0.39, 0.29) is 5.88 Å². The monoisotopic (exact) mass is 250 g/mol. The molecule has 0 spiro atoms. The van der Waals surface area contributed by atoms with Crippen LogP contribution in [-0.4, -0.2) is 14.5 Å². The van der Waals surface area contributed by atoms with Crippen LogP contribution in [0.4, 0.5) is 0 Å². The highest BCUT2D eigenvalue weighted by Crippen LogP contribution is 2.35. The number of halogens is 1. The first-order chi connectivity index (χ1) is 8.27. The fourth-order valence-electron chi connectivity index (χ4n) is 2.74. The average molecular weight is 251 g/mol. The molecule has 1 fully saturated rings. The number of hydrogen-bond donors (Lipinski definition) is 1. The number of aromatic hydroxyl groups is 1. The molecule has 0 atom stereocenters. The van der Waals surface area contributed by atoms with E-state index in [9.17, 15) is 5.11 Å². The molecule has 1 aliphatic rings. The summed E-state index contributed by atoms with van der Waals surface area (Å²) < 4.78 is 1.79. The summed E-state index contributed by atoms with van der Waals surface area (Å²) in [5.74, 6) is 1.57. The fourth-order valence-corrected chi connectivity index (χ4v) is 2.98. The maximum absolute atomic E-state index is 9.96. The van der Waals surface area contributed by atoms with Crippen molar-refractivity contribution < 1.29 is 5.11 Å². The molecule has 0 unspecified atom stereocenters. The predicted molar refractivity (Wildman–Crippen MR) is 67.7 cm³/mol. The average Bonchev–Trinajstić information content (AvgIpc) is 2.70. The van der Waals surface area contributed by atoms with E-state index in [1.54, 1.807) is 16.5 Å². The number of fused-ring (bicyclic) bond motifs is 1. The van der Waals surface area contributed by atoms with Crippen molar-refractivity contribution in [3.8, 4) is 5.88 Å². The van der Waals surface area contributed by atoms with Crippen LogP contribution in [0.5, 0.6) is 5.88 Å². The summed E-state index contributed by atoms with van der Waals surface area (Å²) in [5, 5.41) is 10.4. The second-order valence-corrected chi connectivity index (χ2v) is 5.06. The van der Waals surface area contributed by atoms with Crippen molar-refractivity contribution in [1.82, 2.24) is 9.38 Å². The first-order valence-electron chi connectivity index (χ1n) is 6.13. The molecular formula is C13H15ClN2O. The number of nitrogens with zero attached hydrogens (tertiary/aromatic N) is 2. The maximum atomic E-state index is 9.96. The second kappa shape index (κ2) is 4.22. The van der Waals surface area contributed by atoms with Gasteiger partial charge in [0.1, 0.15) is 5.82 Å². The Morgan fingerprint density at radius 3 is 2.76 bits per heavy atom. The molecule has 1 saturated carbocycles. The third kappa shape index (κ3) is 1.78. The third-order valence-corrected chi connectivity index (χ3v) is 3.87. The zero-order valence-corrected chi connectivity index (χ0v) is 10.3. The molecule has 3 rings (SSSR count). The molecule has 0 aromatic carbocycles. The molecule has 4 heteroatoms. The summed E-state index contributed by atoms with van der Waals surface area (Å²) >= 11 is 6.13. The van der Waals surface area contributed by atoms with Crippen molar-refractivity contribution in [2.24, 2.45) is 0 Å². The van der Waals surface area contributed by atoms with Gasteiger partial charge in [-0.05, 0) is 25.0 Å². The van der Waals surface area contributed by atoms with Crippen LogP contribution < -0.4 is 0 Å². The predicted octanol–water partition coefficient (Wildman–Crippen LogP) is 3.74. The van der Waals surface area contributed by atoms with Gasteiger partial charge in [0.15, 0.2) is 11.0 Å². The minimum Gasteiger partial charge on any atom is -0.494 e. The van der Waals surface area contributed by atoms with E-state index in [1.807, 2.05) is 6.07 Å². The van der Waals surface area contributed by atoms with Crippen LogP contribution in [-0.2, 0) is 0 Å². The number of hydrogen-bond acceptors (Lipinski definition) is 2. The SMILES string of the molecule is Oc1cccc2c(Cl)nc(C3CCCCC3)n12. The number of aromatic nitrogens is 2. The molecule has 17 heavy (non-hydrogen) atoms. The largest absolute Gasteiger partial charge is 0.494 e. The lowest BCUT2D eigenvalue weighted by atomic mass is 9.89. The van der Waals surface area contributed by atoms with Crippen LogP contribution in [0.3, 0.4) is 0 Å². The lowest BCUT2D eigenvalue weighted by molar-refractivity contribution is 0.407. The normalized spacial score (nSPS) is 17.7. The lowest BCUT2D eigenvalue weighted by Crippen LogP contribution is -2.08. The fraction of sp³-hybridized carbons (Fsp3) is 0.462. The van der Waals surface area contributed by atoms with Crippen LogP contribution in [0.2, 0.25) is 5.15 Å². The van der Waals surface area contributed by atoms with E-state index in [1.165, 1.54) is 19.3 Å². The molecule has 0 aliphatic heterocycles. The van der Waals surface area contributed by atoms with Crippen LogP contribution >= 0.6 is 11.6 Å². The molecule has 1 N–H and O–H groups in total. The Kier molecular flexibility index (Phi) is 2.71. The highest BCUT2D eigenvalue weighted by atomic mass is 35.5. The van der Waals surface area contributed by atoms with E-state index in [2.05, 4.69) is 4.98 Å². The first-order valence-corrected chi connectivity index (χ1v) is 6.51. The van der Waals surface area contributed by atoms with Crippen molar-refractivity contribution >= 4 is 17.1 Å². The highest BCUT2D eigenvalue weighted by molar-refractivity contribution is 6.32. The minimum absolute atomic E-state index is 0.225. The van der Waals surface area contributed by atoms with Gasteiger partial charge in [0.05, 0.1) is 5.52 Å². The molecule has 2 aromatic rings. The summed E-state index contributed by atoms with van der Waals surface area (Å²) in [6, 6.07) is 5.36. The first kappa shape index (κ1) is 10.9. The van der Waals surface area contributed by atoms with Crippen LogP contribution in [0.25, 0.3) is 5.52 Å². The Morgan fingerprint density at radius 1 is 1.24 bits per heavy atom. The van der Waals surface area contributed by atoms with Gasteiger partial charge in [0, 0.05) is 5.92 Å². The van der Waals surface area contributed by atoms with Gasteiger partial charge in [-0.15, -0.1) is 0 Å². The Hall–Kier alpha value is -1.22. The Bertz CT molecular complexity index is 544. The molecule has 90 valence electrons. The summed E-state index contributed by atoms with van der Waals surface area (Å²) in [7, 11) is 0. The van der Waals surface area contributed by atoms with E-state index in [0.29, 0.717) is 11.1 Å². The zero-order chi connectivity index (χ0) is 11.8. The van der Waals surface area contributed by atoms with E-state index < -0.39 is 0 Å². The Labute approximate surface area is 105 Å². The smallest absolute Gasteiger partial charge is 0.197 e. The lowest BCUT2D eigenvalue weighted by Gasteiger charge is -2.20. The summed E-state index contributed by atoms with van der Waals surface area (Å²) in [5.41, 5.74) is 0.798. The van der Waals surface area contributed by atoms with Crippen LogP contribution in [0, 0.1) is 0 Å². The molecule has 0 amide bonds. The molecule has 2 heterocycles. The summed E-state index contributed by atoms with van der Waals surface area (Å²) in [4.78, 5) is 4.44. The van der Waals surface area contributed by atoms with Crippen LogP contribution in [0.15, 0.2) is 18.2 Å². The molecule has 1 aliphatic carbocycles. The Morgan fingerprint density at radius 2 is 2.00 bits per heavy atom. The zero-order valence-electron chi connectivity index (χ0n) is 9.56. The van der Waals surface area contributed by atoms with E-state index in [0.717, 1.165) is 24.2 Å². The molecular weight excluding hydrogens is 236 g/mol. The van der Waals surface area contributed by atoms with Crippen molar-refractivity contribution in [2.75, 3.05) is 0 Å². The van der Waals surface area contributed by atoms with Crippen molar-refractivity contribution in [1.29, 1.82) is 0 Å². The quantitative estimate of drug-likeness (QED) is 0.837. The van der Waals surface area contributed by atoms with Crippen molar-refractivity contribution in [3.63, 3.8) is 0 Å². The van der Waals surface area contributed by atoms with Gasteiger partial charge in [-0.25, -0.2) is 4.98 Å². The molecule has 0 bridgehead atoms. The molecule has 3 nitrogen and oxygen atoms in total.